The molecule has 27 heavy (non-hydrogen) atoms. The predicted molar refractivity (Wildman–Crippen MR) is 127 cm³/mol. The van der Waals surface area contributed by atoms with Gasteiger partial charge in [0.25, 0.3) is 0 Å². The highest BCUT2D eigenvalue weighted by Gasteiger charge is 2.15. The molecule has 0 spiro atoms. The van der Waals surface area contributed by atoms with Gasteiger partial charge < -0.3 is 0 Å². The van der Waals surface area contributed by atoms with Crippen molar-refractivity contribution in [2.24, 2.45) is 0 Å². The normalized spacial score (nSPS) is 11.6. The molecule has 0 aromatic heterocycles. The number of rotatable bonds is 2. The van der Waals surface area contributed by atoms with Gasteiger partial charge in [-0.15, -0.1) is 0 Å². The first-order valence-electron chi connectivity index (χ1n) is 9.89. The van der Waals surface area contributed by atoms with Crippen molar-refractivity contribution in [3.63, 3.8) is 0 Å². The molecule has 0 aliphatic carbocycles. The van der Waals surface area contributed by atoms with E-state index in [4.69, 9.17) is 0 Å². The summed E-state index contributed by atoms with van der Waals surface area (Å²) in [5.41, 5.74) is 13.9. The van der Waals surface area contributed by atoms with Crippen molar-refractivity contribution in [3.05, 3.63) is 70.8 Å². The van der Waals surface area contributed by atoms with E-state index in [0.717, 1.165) is 0 Å². The Kier molecular flexibility index (Phi) is 5.12. The van der Waals surface area contributed by atoms with Gasteiger partial charge in [0.15, 0.2) is 0 Å². The van der Waals surface area contributed by atoms with E-state index in [1.165, 1.54) is 55.4 Å². The number of hydrogen-bond donors (Lipinski definition) is 0. The first-order valence-corrected chi connectivity index (χ1v) is 9.89. The van der Waals surface area contributed by atoms with Crippen LogP contribution in [0.1, 0.15) is 43.0 Å². The summed E-state index contributed by atoms with van der Waals surface area (Å²) in [6, 6.07) is 18.1. The second kappa shape index (κ2) is 7.08. The maximum absolute atomic E-state index is 2.27. The molecule has 3 aromatic rings. The van der Waals surface area contributed by atoms with Crippen molar-refractivity contribution in [3.8, 4) is 22.3 Å². The molecule has 0 amide bonds. The van der Waals surface area contributed by atoms with Crippen LogP contribution in [-0.4, -0.2) is 15.7 Å². The van der Waals surface area contributed by atoms with E-state index in [9.17, 15) is 0 Å². The fourth-order valence-electron chi connectivity index (χ4n) is 3.93. The van der Waals surface area contributed by atoms with Crippen LogP contribution in [0.3, 0.4) is 0 Å². The summed E-state index contributed by atoms with van der Waals surface area (Å²) in [5.74, 6) is 0. The molecule has 0 aliphatic rings. The molecule has 0 saturated heterocycles. The largest absolute Gasteiger partial charge is 0.138 e. The minimum Gasteiger partial charge on any atom is -0.0917 e. The van der Waals surface area contributed by atoms with Crippen molar-refractivity contribution >= 4 is 26.6 Å². The molecule has 0 nitrogen and oxygen atoms in total. The summed E-state index contributed by atoms with van der Waals surface area (Å²) in [6.45, 7) is 13.5. The third kappa shape index (κ3) is 3.63. The van der Waals surface area contributed by atoms with Gasteiger partial charge in [-0.1, -0.05) is 85.8 Å². The van der Waals surface area contributed by atoms with Crippen molar-refractivity contribution in [1.29, 1.82) is 0 Å². The molecule has 0 N–H and O–H groups in total. The summed E-state index contributed by atoms with van der Waals surface area (Å²) in [5, 5.41) is 0. The van der Waals surface area contributed by atoms with Gasteiger partial charge in [-0.25, -0.2) is 0 Å². The predicted octanol–water partition coefficient (Wildman–Crippen LogP) is 3.76. The van der Waals surface area contributed by atoms with Gasteiger partial charge >= 0.3 is 0 Å². The summed E-state index contributed by atoms with van der Waals surface area (Å²) < 4.78 is 0. The van der Waals surface area contributed by atoms with Gasteiger partial charge in [0.1, 0.15) is 15.7 Å². The molecular weight excluding hydrogens is 322 g/mol. The van der Waals surface area contributed by atoms with Crippen LogP contribution in [0.5, 0.6) is 0 Å². The third-order valence-corrected chi connectivity index (χ3v) is 6.26. The van der Waals surface area contributed by atoms with Crippen LogP contribution in [0, 0.1) is 20.8 Å². The Bertz CT molecular complexity index is 944. The minimum absolute atomic E-state index is 0.193. The SMILES string of the molecule is Bc1c(B)c(C)c(-c2ccc(-c3ccc(C(C)(C)C)cc3)cc2)c(C)c1C. The van der Waals surface area contributed by atoms with Crippen LogP contribution in [0.25, 0.3) is 22.3 Å². The van der Waals surface area contributed by atoms with Gasteiger partial charge in [0.05, 0.1) is 0 Å². The zero-order valence-corrected chi connectivity index (χ0v) is 18.1. The van der Waals surface area contributed by atoms with E-state index in [1.54, 1.807) is 0 Å². The Morgan fingerprint density at radius 1 is 0.556 bits per heavy atom. The monoisotopic (exact) mass is 352 g/mol. The quantitative estimate of drug-likeness (QED) is 0.616. The van der Waals surface area contributed by atoms with Gasteiger partial charge in [-0.2, -0.15) is 0 Å². The summed E-state index contributed by atoms with van der Waals surface area (Å²) in [6.07, 6.45) is 0. The maximum Gasteiger partial charge on any atom is 0.138 e. The van der Waals surface area contributed by atoms with Crippen molar-refractivity contribution in [2.75, 3.05) is 0 Å². The zero-order valence-electron chi connectivity index (χ0n) is 18.1. The Morgan fingerprint density at radius 2 is 0.963 bits per heavy atom. The first kappa shape index (κ1) is 19.5. The number of benzene rings is 3. The van der Waals surface area contributed by atoms with Crippen LogP contribution in [0.4, 0.5) is 0 Å². The topological polar surface area (TPSA) is 0 Å². The molecule has 0 radical (unpaired) electrons. The Hall–Kier alpha value is -2.21. The molecule has 0 heterocycles. The highest BCUT2D eigenvalue weighted by Crippen LogP contribution is 2.31. The molecule has 0 unspecified atom stereocenters. The highest BCUT2D eigenvalue weighted by atomic mass is 14.2. The second-order valence-electron chi connectivity index (χ2n) is 8.90. The van der Waals surface area contributed by atoms with Crippen molar-refractivity contribution in [1.82, 2.24) is 0 Å². The lowest BCUT2D eigenvalue weighted by Gasteiger charge is -2.20. The highest BCUT2D eigenvalue weighted by molar-refractivity contribution is 6.50. The molecule has 0 atom stereocenters. The van der Waals surface area contributed by atoms with E-state index in [0.29, 0.717) is 0 Å². The molecule has 0 bridgehead atoms. The Balaban J connectivity index is 2.00. The lowest BCUT2D eigenvalue weighted by molar-refractivity contribution is 0.590. The lowest BCUT2D eigenvalue weighted by Crippen LogP contribution is -2.32. The van der Waals surface area contributed by atoms with Crippen LogP contribution in [0.15, 0.2) is 48.5 Å². The molecule has 0 aliphatic heterocycles. The second-order valence-corrected chi connectivity index (χ2v) is 8.90. The molecule has 3 aromatic carbocycles. The third-order valence-electron chi connectivity index (χ3n) is 6.26. The van der Waals surface area contributed by atoms with E-state index in [-0.39, 0.29) is 5.41 Å². The Morgan fingerprint density at radius 3 is 1.44 bits per heavy atom. The lowest BCUT2D eigenvalue weighted by atomic mass is 9.71. The minimum atomic E-state index is 0.193. The van der Waals surface area contributed by atoms with E-state index < -0.39 is 0 Å². The first-order chi connectivity index (χ1) is 12.6. The average molecular weight is 352 g/mol. The molecule has 2 heteroatoms. The van der Waals surface area contributed by atoms with Crippen LogP contribution in [0.2, 0.25) is 0 Å². The van der Waals surface area contributed by atoms with Crippen molar-refractivity contribution < 1.29 is 0 Å². The van der Waals surface area contributed by atoms with Crippen LogP contribution in [-0.2, 0) is 5.41 Å². The van der Waals surface area contributed by atoms with Gasteiger partial charge in [0, 0.05) is 0 Å². The Labute approximate surface area is 166 Å². The average Bonchev–Trinajstić information content (AvgIpc) is 2.65. The molecule has 136 valence electrons. The number of hydrogen-bond acceptors (Lipinski definition) is 0. The van der Waals surface area contributed by atoms with Gasteiger partial charge in [0.2, 0.25) is 0 Å². The summed E-state index contributed by atoms with van der Waals surface area (Å²) >= 11 is 0. The fourth-order valence-corrected chi connectivity index (χ4v) is 3.93. The molecule has 3 rings (SSSR count). The van der Waals surface area contributed by atoms with Crippen LogP contribution < -0.4 is 10.9 Å². The smallest absolute Gasteiger partial charge is 0.0917 e. The van der Waals surface area contributed by atoms with E-state index >= 15 is 0 Å². The van der Waals surface area contributed by atoms with E-state index in [2.05, 4.69) is 106 Å². The zero-order chi connectivity index (χ0) is 19.9. The van der Waals surface area contributed by atoms with Crippen LogP contribution >= 0.6 is 0 Å². The summed E-state index contributed by atoms with van der Waals surface area (Å²) in [4.78, 5) is 0. The maximum atomic E-state index is 2.27. The van der Waals surface area contributed by atoms with Gasteiger partial charge in [-0.05, 0) is 65.1 Å². The fraction of sp³-hybridized carbons (Fsp3) is 0.280. The van der Waals surface area contributed by atoms with E-state index in [1.807, 2.05) is 0 Å². The standard InChI is InChI=1S/C25H30B2/c1-15-16(2)23(26)24(27)17(3)22(15)20-9-7-18(8-10-20)19-11-13-21(14-12-19)25(4,5)6/h7-14H,26-27H2,1-6H3. The molecule has 0 fully saturated rings. The molecular formula is C25H30B2. The van der Waals surface area contributed by atoms with Crippen molar-refractivity contribution in [2.45, 2.75) is 47.0 Å². The summed E-state index contributed by atoms with van der Waals surface area (Å²) in [7, 11) is 4.48. The van der Waals surface area contributed by atoms with Gasteiger partial charge in [-0.3, -0.25) is 0 Å². The molecule has 0 saturated carbocycles.